The van der Waals surface area contributed by atoms with Gasteiger partial charge in [0.25, 0.3) is 0 Å². The summed E-state index contributed by atoms with van der Waals surface area (Å²) < 4.78 is 32.2. The van der Waals surface area contributed by atoms with Gasteiger partial charge < -0.3 is 38.2 Å². The van der Waals surface area contributed by atoms with Gasteiger partial charge in [0.2, 0.25) is 11.9 Å². The van der Waals surface area contributed by atoms with Crippen molar-refractivity contribution in [1.82, 2.24) is 15.0 Å². The maximum absolute atomic E-state index is 5.72. The smallest absolute Gasteiger partial charge is 0.230 e. The number of allylic oxidation sites excluding steroid dienone is 1. The van der Waals surface area contributed by atoms with Crippen molar-refractivity contribution >= 4 is 17.5 Å². The van der Waals surface area contributed by atoms with E-state index in [2.05, 4.69) is 21.5 Å². The van der Waals surface area contributed by atoms with Gasteiger partial charge in [-0.2, -0.15) is 15.0 Å². The highest BCUT2D eigenvalue weighted by atomic mass is 16.5. The van der Waals surface area contributed by atoms with Crippen LogP contribution in [0.5, 0.6) is 0 Å². The molecule has 0 spiro atoms. The Balaban J connectivity index is 2.64. The summed E-state index contributed by atoms with van der Waals surface area (Å²) in [6.07, 6.45) is 0. The second-order valence-electron chi connectivity index (χ2n) is 7.36. The molecular weight excluding hydrogens is 430 g/mol. The van der Waals surface area contributed by atoms with Crippen LogP contribution in [0.4, 0.5) is 11.9 Å². The summed E-state index contributed by atoms with van der Waals surface area (Å²) in [4.78, 5) is 17.6. The zero-order valence-electron chi connectivity index (χ0n) is 20.9. The molecule has 0 aliphatic carbocycles. The average molecular weight is 472 g/mol. The third kappa shape index (κ3) is 13.4. The predicted octanol–water partition coefficient (Wildman–Crippen LogP) is 1.14. The molecule has 0 aliphatic heterocycles. The summed E-state index contributed by atoms with van der Waals surface area (Å²) in [6.45, 7) is 12.3. The van der Waals surface area contributed by atoms with Gasteiger partial charge in [-0.1, -0.05) is 6.58 Å². The number of rotatable bonds is 21. The predicted molar refractivity (Wildman–Crippen MR) is 128 cm³/mol. The van der Waals surface area contributed by atoms with Crippen LogP contribution in [0.3, 0.4) is 0 Å². The van der Waals surface area contributed by atoms with Gasteiger partial charge in [-0.05, 0) is 12.5 Å². The fourth-order valence-corrected chi connectivity index (χ4v) is 2.48. The zero-order valence-corrected chi connectivity index (χ0v) is 20.9. The van der Waals surface area contributed by atoms with E-state index in [1.165, 1.54) is 0 Å². The number of hydrogen-bond donors (Lipinski definition) is 0. The van der Waals surface area contributed by atoms with Crippen molar-refractivity contribution in [3.63, 3.8) is 0 Å². The molecule has 0 unspecified atom stereocenters. The number of ether oxygens (including phenoxy) is 6. The zero-order chi connectivity index (χ0) is 24.3. The molecule has 1 rings (SSSR count). The van der Waals surface area contributed by atoms with Crippen molar-refractivity contribution in [1.29, 1.82) is 0 Å². The van der Waals surface area contributed by atoms with E-state index in [-0.39, 0.29) is 0 Å². The van der Waals surface area contributed by atoms with Crippen molar-refractivity contribution < 1.29 is 28.4 Å². The molecule has 0 fully saturated rings. The summed E-state index contributed by atoms with van der Waals surface area (Å²) in [5.41, 5.74) is 0.774. The number of aromatic nitrogens is 3. The van der Waals surface area contributed by atoms with Crippen LogP contribution >= 0.6 is 0 Å². The Bertz CT molecular complexity index is 630. The number of nitrogens with zero attached hydrogens (tertiary/aromatic N) is 5. The van der Waals surface area contributed by atoms with Gasteiger partial charge in [-0.25, -0.2) is 0 Å². The molecule has 1 heterocycles. The normalized spacial score (nSPS) is 11.1. The van der Waals surface area contributed by atoms with E-state index >= 15 is 0 Å². The van der Waals surface area contributed by atoms with Gasteiger partial charge in [0.15, 0.2) is 5.82 Å². The van der Waals surface area contributed by atoms with Crippen LogP contribution in [-0.4, -0.2) is 122 Å². The lowest BCUT2D eigenvalue weighted by molar-refractivity contribution is 0.0235. The van der Waals surface area contributed by atoms with Crippen molar-refractivity contribution in [2.45, 2.75) is 6.92 Å². The maximum Gasteiger partial charge on any atom is 0.230 e. The van der Waals surface area contributed by atoms with Crippen LogP contribution < -0.4 is 9.80 Å². The molecule has 0 aromatic carbocycles. The molecule has 0 saturated carbocycles. The quantitative estimate of drug-likeness (QED) is 0.241. The molecule has 11 heteroatoms. The molecule has 0 saturated heterocycles. The van der Waals surface area contributed by atoms with Crippen LogP contribution in [0.15, 0.2) is 6.58 Å². The first kappa shape index (κ1) is 29.1. The number of methoxy groups -OCH3 is 2. The topological polar surface area (TPSA) is 101 Å². The SMILES string of the molecule is C=C(C)c1nc(N(C)C)nc(N(CCOCCOCCOC)CCOCCOCCOC)n1. The monoisotopic (exact) mass is 471 g/mol. The van der Waals surface area contributed by atoms with E-state index in [0.29, 0.717) is 96.9 Å². The van der Waals surface area contributed by atoms with Crippen LogP contribution in [-0.2, 0) is 28.4 Å². The van der Waals surface area contributed by atoms with E-state index in [1.807, 2.05) is 30.8 Å². The minimum Gasteiger partial charge on any atom is -0.382 e. The lowest BCUT2D eigenvalue weighted by Gasteiger charge is -2.24. The van der Waals surface area contributed by atoms with Gasteiger partial charge in [-0.15, -0.1) is 0 Å². The Morgan fingerprint density at radius 2 is 1.09 bits per heavy atom. The van der Waals surface area contributed by atoms with Crippen LogP contribution in [0, 0.1) is 0 Å². The van der Waals surface area contributed by atoms with Gasteiger partial charge in [-0.3, -0.25) is 0 Å². The first-order chi connectivity index (χ1) is 16.0. The lowest BCUT2D eigenvalue weighted by Crippen LogP contribution is -2.34. The Morgan fingerprint density at radius 1 is 0.667 bits per heavy atom. The molecule has 0 N–H and O–H groups in total. The van der Waals surface area contributed by atoms with Crippen LogP contribution in [0.2, 0.25) is 0 Å². The minimum absolute atomic E-state index is 0.499. The molecule has 0 bridgehead atoms. The third-order valence-electron chi connectivity index (χ3n) is 4.30. The molecule has 0 atom stereocenters. The van der Waals surface area contributed by atoms with E-state index in [4.69, 9.17) is 28.4 Å². The Morgan fingerprint density at radius 3 is 1.52 bits per heavy atom. The summed E-state index contributed by atoms with van der Waals surface area (Å²) in [7, 11) is 7.08. The highest BCUT2D eigenvalue weighted by Gasteiger charge is 2.15. The standard InChI is InChI=1S/C22H41N5O6/c1-19(2)20-23-21(26(3)4)25-22(24-20)27(7-9-30-15-17-32-13-11-28-5)8-10-31-16-18-33-14-12-29-6/h1,7-18H2,2-6H3. The molecule has 0 aliphatic rings. The molecular formula is C22H41N5O6. The Hall–Kier alpha value is -1.89. The van der Waals surface area contributed by atoms with E-state index in [9.17, 15) is 0 Å². The van der Waals surface area contributed by atoms with E-state index in [0.717, 1.165) is 5.57 Å². The molecule has 190 valence electrons. The van der Waals surface area contributed by atoms with Gasteiger partial charge >= 0.3 is 0 Å². The second kappa shape index (κ2) is 18.5. The summed E-state index contributed by atoms with van der Waals surface area (Å²) in [6, 6.07) is 0. The van der Waals surface area contributed by atoms with Gasteiger partial charge in [0, 0.05) is 41.4 Å². The minimum atomic E-state index is 0.499. The molecule has 0 amide bonds. The van der Waals surface area contributed by atoms with Crippen molar-refractivity contribution in [3.8, 4) is 0 Å². The first-order valence-electron chi connectivity index (χ1n) is 11.1. The third-order valence-corrected chi connectivity index (χ3v) is 4.30. The molecule has 1 aromatic heterocycles. The summed E-state index contributed by atoms with van der Waals surface area (Å²) in [5.74, 6) is 1.70. The average Bonchev–Trinajstić information content (AvgIpc) is 2.80. The molecule has 1 aromatic rings. The summed E-state index contributed by atoms with van der Waals surface area (Å²) >= 11 is 0. The van der Waals surface area contributed by atoms with Crippen molar-refractivity contribution in [2.24, 2.45) is 0 Å². The lowest BCUT2D eigenvalue weighted by atomic mass is 10.3. The largest absolute Gasteiger partial charge is 0.382 e. The summed E-state index contributed by atoms with van der Waals surface area (Å²) in [5, 5.41) is 0. The maximum atomic E-state index is 5.72. The number of anilines is 2. The van der Waals surface area contributed by atoms with Crippen molar-refractivity contribution in [2.75, 3.05) is 117 Å². The molecule has 0 radical (unpaired) electrons. The fraction of sp³-hybridized carbons (Fsp3) is 0.773. The fourth-order valence-electron chi connectivity index (χ4n) is 2.48. The molecule has 33 heavy (non-hydrogen) atoms. The first-order valence-corrected chi connectivity index (χ1v) is 11.1. The van der Waals surface area contributed by atoms with E-state index in [1.54, 1.807) is 14.2 Å². The van der Waals surface area contributed by atoms with Gasteiger partial charge in [0.1, 0.15) is 0 Å². The van der Waals surface area contributed by atoms with Gasteiger partial charge in [0.05, 0.1) is 66.1 Å². The van der Waals surface area contributed by atoms with E-state index < -0.39 is 0 Å². The number of hydrogen-bond acceptors (Lipinski definition) is 11. The highest BCUT2D eigenvalue weighted by Crippen LogP contribution is 2.16. The van der Waals surface area contributed by atoms with Crippen molar-refractivity contribution in [3.05, 3.63) is 12.4 Å². The van der Waals surface area contributed by atoms with Crippen LogP contribution in [0.1, 0.15) is 12.7 Å². The van der Waals surface area contributed by atoms with Crippen LogP contribution in [0.25, 0.3) is 5.57 Å². The highest BCUT2D eigenvalue weighted by molar-refractivity contribution is 5.57. The Kier molecular flexibility index (Phi) is 16.4. The molecule has 11 nitrogen and oxygen atoms in total. The second-order valence-corrected chi connectivity index (χ2v) is 7.36. The Labute approximate surface area is 198 Å².